The Morgan fingerprint density at radius 2 is 1.00 bits per heavy atom. The van der Waals surface area contributed by atoms with Crippen LogP contribution in [0.3, 0.4) is 0 Å². The third-order valence-corrected chi connectivity index (χ3v) is 2.77. The predicted octanol–water partition coefficient (Wildman–Crippen LogP) is -1.59. The van der Waals surface area contributed by atoms with E-state index in [2.05, 4.69) is 0 Å². The first-order chi connectivity index (χ1) is 9.70. The van der Waals surface area contributed by atoms with Gasteiger partial charge in [0.25, 0.3) is 0 Å². The molecule has 9 heteroatoms. The summed E-state index contributed by atoms with van der Waals surface area (Å²) >= 11 is 0. The van der Waals surface area contributed by atoms with Crippen molar-refractivity contribution in [3.05, 3.63) is 0 Å². The molecule has 0 bridgehead atoms. The van der Waals surface area contributed by atoms with Gasteiger partial charge in [0, 0.05) is 26.2 Å². The number of likely N-dealkylation sites (N-methyl/N-ethyl adjacent to an activating group) is 2. The van der Waals surface area contributed by atoms with E-state index in [-0.39, 0.29) is 19.6 Å². The second-order valence-corrected chi connectivity index (χ2v) is 4.93. The number of carboxylic acids is 3. The summed E-state index contributed by atoms with van der Waals surface area (Å²) in [5, 5.41) is 26.1. The van der Waals surface area contributed by atoms with Gasteiger partial charge in [-0.1, -0.05) is 0 Å². The molecule has 3 N–H and O–H groups in total. The number of rotatable bonds is 12. The van der Waals surface area contributed by atoms with Gasteiger partial charge >= 0.3 is 17.9 Å². The van der Waals surface area contributed by atoms with Crippen LogP contribution in [-0.4, -0.2) is 108 Å². The lowest BCUT2D eigenvalue weighted by molar-refractivity contribution is -0.140. The normalized spacial score (nSPS) is 11.3. The topological polar surface area (TPSA) is 122 Å². The van der Waals surface area contributed by atoms with Crippen molar-refractivity contribution in [2.75, 3.05) is 59.9 Å². The molecule has 21 heavy (non-hydrogen) atoms. The lowest BCUT2D eigenvalue weighted by atomic mass is 10.4. The van der Waals surface area contributed by atoms with Gasteiger partial charge < -0.3 is 15.3 Å². The minimum Gasteiger partial charge on any atom is -0.480 e. The molecule has 0 radical (unpaired) electrons. The fourth-order valence-electron chi connectivity index (χ4n) is 1.71. The van der Waals surface area contributed by atoms with Gasteiger partial charge in [-0.25, -0.2) is 0 Å². The summed E-state index contributed by atoms with van der Waals surface area (Å²) in [5.74, 6) is -2.86. The Bertz CT molecular complexity index is 337. The molecule has 0 rings (SSSR count). The fraction of sp³-hybridized carbons (Fsp3) is 0.750. The molecule has 0 unspecified atom stereocenters. The first-order valence-corrected chi connectivity index (χ1v) is 6.45. The van der Waals surface area contributed by atoms with Crippen molar-refractivity contribution in [1.82, 2.24) is 14.7 Å². The molecule has 0 amide bonds. The maximum Gasteiger partial charge on any atom is 0.317 e. The zero-order valence-corrected chi connectivity index (χ0v) is 12.4. The molecule has 0 aromatic heterocycles. The van der Waals surface area contributed by atoms with E-state index < -0.39 is 17.9 Å². The lowest BCUT2D eigenvalue weighted by Crippen LogP contribution is -2.42. The van der Waals surface area contributed by atoms with Crippen molar-refractivity contribution in [3.8, 4) is 0 Å². The van der Waals surface area contributed by atoms with Gasteiger partial charge in [0.1, 0.15) is 0 Å². The van der Waals surface area contributed by atoms with Gasteiger partial charge in [-0.15, -0.1) is 0 Å². The third-order valence-electron chi connectivity index (χ3n) is 2.77. The van der Waals surface area contributed by atoms with Gasteiger partial charge in [-0.05, 0) is 14.1 Å². The second kappa shape index (κ2) is 10.1. The first kappa shape index (κ1) is 19.3. The summed E-state index contributed by atoms with van der Waals surface area (Å²) in [5.41, 5.74) is 0. The monoisotopic (exact) mass is 305 g/mol. The highest BCUT2D eigenvalue weighted by Gasteiger charge is 2.13. The van der Waals surface area contributed by atoms with Crippen LogP contribution in [0.2, 0.25) is 0 Å². The third kappa shape index (κ3) is 11.8. The van der Waals surface area contributed by atoms with E-state index in [1.165, 1.54) is 0 Å². The molecular formula is C12H23N3O6. The highest BCUT2D eigenvalue weighted by atomic mass is 16.4. The molecule has 0 aliphatic carbocycles. The van der Waals surface area contributed by atoms with Crippen LogP contribution in [0.5, 0.6) is 0 Å². The Balaban J connectivity index is 4.22. The summed E-state index contributed by atoms with van der Waals surface area (Å²) in [6.45, 7) is 1.25. The Labute approximate surface area is 123 Å². The van der Waals surface area contributed by atoms with E-state index in [1.54, 1.807) is 28.8 Å². The smallest absolute Gasteiger partial charge is 0.317 e. The standard InChI is InChI=1S/C12H23N3O6/c1-13(7-10(16)17)3-5-15(9-12(20)21)6-4-14(2)8-11(18)19/h3-9H2,1-2H3,(H,16,17)(H,18,19)(H,20,21). The first-order valence-electron chi connectivity index (χ1n) is 6.45. The minimum absolute atomic E-state index is 0.111. The number of hydrogen-bond donors (Lipinski definition) is 3. The SMILES string of the molecule is CN(CCN(CCN(C)CC(=O)O)CC(=O)O)CC(=O)O. The van der Waals surface area contributed by atoms with Crippen LogP contribution in [0, 0.1) is 0 Å². The summed E-state index contributed by atoms with van der Waals surface area (Å²) in [4.78, 5) is 36.7. The van der Waals surface area contributed by atoms with Crippen LogP contribution in [0.1, 0.15) is 0 Å². The molecular weight excluding hydrogens is 282 g/mol. The van der Waals surface area contributed by atoms with E-state index >= 15 is 0 Å². The highest BCUT2D eigenvalue weighted by Crippen LogP contribution is 1.93. The lowest BCUT2D eigenvalue weighted by Gasteiger charge is -2.25. The molecule has 0 fully saturated rings. The van der Waals surface area contributed by atoms with E-state index in [4.69, 9.17) is 15.3 Å². The number of aliphatic carboxylic acids is 3. The van der Waals surface area contributed by atoms with Crippen LogP contribution in [0.25, 0.3) is 0 Å². The largest absolute Gasteiger partial charge is 0.480 e. The molecule has 0 atom stereocenters. The second-order valence-electron chi connectivity index (χ2n) is 4.93. The van der Waals surface area contributed by atoms with E-state index in [9.17, 15) is 14.4 Å². The molecule has 9 nitrogen and oxygen atoms in total. The van der Waals surface area contributed by atoms with Gasteiger partial charge in [-0.3, -0.25) is 29.1 Å². The Hall–Kier alpha value is -1.71. The van der Waals surface area contributed by atoms with Crippen molar-refractivity contribution < 1.29 is 29.7 Å². The molecule has 0 aromatic rings. The molecule has 0 spiro atoms. The summed E-state index contributed by atoms with van der Waals surface area (Å²) in [6, 6.07) is 0. The molecule has 0 aromatic carbocycles. The van der Waals surface area contributed by atoms with Gasteiger partial charge in [0.2, 0.25) is 0 Å². The van der Waals surface area contributed by atoms with Crippen LogP contribution in [0.4, 0.5) is 0 Å². The average Bonchev–Trinajstić information content (AvgIpc) is 2.30. The summed E-state index contributed by atoms with van der Waals surface area (Å²) < 4.78 is 0. The Morgan fingerprint density at radius 3 is 1.29 bits per heavy atom. The maximum atomic E-state index is 10.8. The zero-order valence-electron chi connectivity index (χ0n) is 12.4. The number of nitrogens with zero attached hydrogens (tertiary/aromatic N) is 3. The van der Waals surface area contributed by atoms with Crippen molar-refractivity contribution in [2.45, 2.75) is 0 Å². The van der Waals surface area contributed by atoms with Crippen molar-refractivity contribution in [1.29, 1.82) is 0 Å². The summed E-state index contributed by atoms with van der Waals surface area (Å²) in [7, 11) is 3.28. The van der Waals surface area contributed by atoms with Gasteiger partial charge in [-0.2, -0.15) is 0 Å². The van der Waals surface area contributed by atoms with Crippen molar-refractivity contribution in [2.24, 2.45) is 0 Å². The molecule has 0 saturated carbocycles. The van der Waals surface area contributed by atoms with Crippen LogP contribution < -0.4 is 0 Å². The van der Waals surface area contributed by atoms with Crippen LogP contribution >= 0.6 is 0 Å². The van der Waals surface area contributed by atoms with Gasteiger partial charge in [0.05, 0.1) is 19.6 Å². The quantitative estimate of drug-likeness (QED) is 0.391. The zero-order chi connectivity index (χ0) is 16.4. The Kier molecular flexibility index (Phi) is 9.26. The molecule has 0 aliphatic rings. The molecule has 0 saturated heterocycles. The molecule has 0 aliphatic heterocycles. The average molecular weight is 305 g/mol. The minimum atomic E-state index is -0.975. The summed E-state index contributed by atoms with van der Waals surface area (Å²) in [6.07, 6.45) is 0. The molecule has 122 valence electrons. The number of carbonyl (C=O) groups is 3. The highest BCUT2D eigenvalue weighted by molar-refractivity contribution is 5.69. The Morgan fingerprint density at radius 1 is 0.667 bits per heavy atom. The maximum absolute atomic E-state index is 10.8. The van der Waals surface area contributed by atoms with E-state index in [1.807, 2.05) is 0 Å². The molecule has 0 heterocycles. The predicted molar refractivity (Wildman–Crippen MR) is 74.3 cm³/mol. The fourth-order valence-corrected chi connectivity index (χ4v) is 1.71. The van der Waals surface area contributed by atoms with E-state index in [0.29, 0.717) is 26.2 Å². The van der Waals surface area contributed by atoms with Gasteiger partial charge in [0.15, 0.2) is 0 Å². The van der Waals surface area contributed by atoms with Crippen molar-refractivity contribution >= 4 is 17.9 Å². The van der Waals surface area contributed by atoms with Crippen LogP contribution in [0.15, 0.2) is 0 Å². The van der Waals surface area contributed by atoms with E-state index in [0.717, 1.165) is 0 Å². The number of carboxylic acid groups (broad SMARTS) is 3. The van der Waals surface area contributed by atoms with Crippen molar-refractivity contribution in [3.63, 3.8) is 0 Å². The van der Waals surface area contributed by atoms with Crippen LogP contribution in [-0.2, 0) is 14.4 Å². The number of hydrogen-bond acceptors (Lipinski definition) is 6.